The van der Waals surface area contributed by atoms with Crippen molar-refractivity contribution in [2.75, 3.05) is 19.6 Å². The molecule has 124 valence electrons. The van der Waals surface area contributed by atoms with Crippen LogP contribution in [-0.4, -0.2) is 51.8 Å². The molecule has 23 heavy (non-hydrogen) atoms. The number of likely N-dealkylation sites (N-methyl/N-ethyl adjacent to an activating group) is 1. The number of aromatic nitrogens is 1. The Morgan fingerprint density at radius 2 is 2.17 bits per heavy atom. The topological polar surface area (TPSA) is 53.5 Å². The van der Waals surface area contributed by atoms with E-state index in [-0.39, 0.29) is 22.9 Å². The second-order valence-electron chi connectivity index (χ2n) is 6.40. The fourth-order valence-electron chi connectivity index (χ4n) is 4.04. The molecule has 2 amide bonds. The molecular formula is C17H22FN3O2. The maximum absolute atomic E-state index is 13.9. The Balaban J connectivity index is 1.84. The van der Waals surface area contributed by atoms with Gasteiger partial charge in [0.15, 0.2) is 5.82 Å². The van der Waals surface area contributed by atoms with E-state index in [0.29, 0.717) is 26.1 Å². The second-order valence-corrected chi connectivity index (χ2v) is 6.40. The minimum absolute atomic E-state index is 0.0576. The molecule has 0 aliphatic carbocycles. The van der Waals surface area contributed by atoms with Crippen LogP contribution in [0.5, 0.6) is 0 Å². The Morgan fingerprint density at radius 3 is 2.91 bits per heavy atom. The highest BCUT2D eigenvalue weighted by Gasteiger charge is 2.45. The van der Waals surface area contributed by atoms with Gasteiger partial charge in [0, 0.05) is 32.3 Å². The van der Waals surface area contributed by atoms with Crippen molar-refractivity contribution in [2.45, 2.75) is 44.6 Å². The van der Waals surface area contributed by atoms with E-state index in [4.69, 9.17) is 0 Å². The van der Waals surface area contributed by atoms with Gasteiger partial charge in [-0.2, -0.15) is 0 Å². The van der Waals surface area contributed by atoms with E-state index < -0.39 is 5.82 Å². The molecule has 2 aliphatic heterocycles. The van der Waals surface area contributed by atoms with Gasteiger partial charge in [0.2, 0.25) is 5.91 Å². The molecule has 6 heteroatoms. The predicted octanol–water partition coefficient (Wildman–Crippen LogP) is 2.23. The summed E-state index contributed by atoms with van der Waals surface area (Å²) in [6.07, 6.45) is 6.60. The SMILES string of the molecule is CCN1C(=O)CCC[C@]12CCCN(C(=O)c1ccncc1F)C2. The molecule has 5 nitrogen and oxygen atoms in total. The normalized spacial score (nSPS) is 25.0. The van der Waals surface area contributed by atoms with E-state index in [1.54, 1.807) is 4.90 Å². The van der Waals surface area contributed by atoms with Crippen molar-refractivity contribution >= 4 is 11.8 Å². The highest BCUT2D eigenvalue weighted by molar-refractivity contribution is 5.94. The number of amides is 2. The fourth-order valence-corrected chi connectivity index (χ4v) is 4.04. The van der Waals surface area contributed by atoms with Crippen molar-refractivity contribution in [1.29, 1.82) is 0 Å². The number of pyridine rings is 1. The highest BCUT2D eigenvalue weighted by Crippen LogP contribution is 2.37. The Morgan fingerprint density at radius 1 is 1.39 bits per heavy atom. The van der Waals surface area contributed by atoms with Gasteiger partial charge in [0.1, 0.15) is 0 Å². The van der Waals surface area contributed by atoms with E-state index >= 15 is 0 Å². The fraction of sp³-hybridized carbons (Fsp3) is 0.588. The molecule has 1 aromatic rings. The van der Waals surface area contributed by atoms with Crippen LogP contribution in [-0.2, 0) is 4.79 Å². The van der Waals surface area contributed by atoms with Crippen LogP contribution in [0.15, 0.2) is 18.5 Å². The smallest absolute Gasteiger partial charge is 0.257 e. The first-order valence-corrected chi connectivity index (χ1v) is 8.27. The van der Waals surface area contributed by atoms with Crippen LogP contribution in [0.1, 0.15) is 49.4 Å². The zero-order valence-corrected chi connectivity index (χ0v) is 13.4. The van der Waals surface area contributed by atoms with Crippen LogP contribution in [0.4, 0.5) is 4.39 Å². The van der Waals surface area contributed by atoms with E-state index in [1.807, 2.05) is 11.8 Å². The first-order valence-electron chi connectivity index (χ1n) is 8.27. The number of likely N-dealkylation sites (tertiary alicyclic amines) is 2. The zero-order chi connectivity index (χ0) is 16.4. The van der Waals surface area contributed by atoms with Crippen molar-refractivity contribution in [3.63, 3.8) is 0 Å². The first kappa shape index (κ1) is 15.9. The minimum Gasteiger partial charge on any atom is -0.336 e. The third kappa shape index (κ3) is 2.82. The van der Waals surface area contributed by atoms with Crippen molar-refractivity contribution in [1.82, 2.24) is 14.8 Å². The van der Waals surface area contributed by atoms with Gasteiger partial charge < -0.3 is 9.80 Å². The Bertz CT molecular complexity index is 618. The van der Waals surface area contributed by atoms with Gasteiger partial charge in [-0.1, -0.05) is 0 Å². The molecule has 3 heterocycles. The lowest BCUT2D eigenvalue weighted by atomic mass is 9.79. The highest BCUT2D eigenvalue weighted by atomic mass is 19.1. The van der Waals surface area contributed by atoms with Crippen LogP contribution in [0.25, 0.3) is 0 Å². The van der Waals surface area contributed by atoms with E-state index in [2.05, 4.69) is 4.98 Å². The minimum atomic E-state index is -0.593. The van der Waals surface area contributed by atoms with Gasteiger partial charge in [0.05, 0.1) is 17.3 Å². The summed E-state index contributed by atoms with van der Waals surface area (Å²) in [5.41, 5.74) is -0.219. The summed E-state index contributed by atoms with van der Waals surface area (Å²) >= 11 is 0. The van der Waals surface area contributed by atoms with Gasteiger partial charge in [-0.15, -0.1) is 0 Å². The standard InChI is InChI=1S/C17H22FN3O2/c1-2-21-15(22)5-3-7-17(21)8-4-10-20(12-17)16(23)13-6-9-19-11-14(13)18/h6,9,11H,2-5,7-8,10,12H2,1H3/t17-/m1/s1. The Labute approximate surface area is 135 Å². The summed E-state index contributed by atoms with van der Waals surface area (Å²) in [6.45, 7) is 3.74. The van der Waals surface area contributed by atoms with Crippen molar-refractivity contribution in [3.05, 3.63) is 29.8 Å². The zero-order valence-electron chi connectivity index (χ0n) is 13.4. The lowest BCUT2D eigenvalue weighted by Crippen LogP contribution is -2.63. The number of nitrogens with zero attached hydrogens (tertiary/aromatic N) is 3. The summed E-state index contributed by atoms with van der Waals surface area (Å²) in [7, 11) is 0. The van der Waals surface area contributed by atoms with Crippen LogP contribution in [0.2, 0.25) is 0 Å². The third-order valence-corrected chi connectivity index (χ3v) is 5.07. The van der Waals surface area contributed by atoms with Gasteiger partial charge in [0.25, 0.3) is 5.91 Å². The third-order valence-electron chi connectivity index (χ3n) is 5.07. The van der Waals surface area contributed by atoms with Crippen LogP contribution < -0.4 is 0 Å². The monoisotopic (exact) mass is 319 g/mol. The number of rotatable bonds is 2. The van der Waals surface area contributed by atoms with Crippen LogP contribution >= 0.6 is 0 Å². The summed E-state index contributed by atoms with van der Waals surface area (Å²) in [4.78, 5) is 32.3. The summed E-state index contributed by atoms with van der Waals surface area (Å²) in [6, 6.07) is 1.42. The van der Waals surface area contributed by atoms with E-state index in [0.717, 1.165) is 31.9 Å². The molecule has 0 unspecified atom stereocenters. The molecule has 0 aromatic carbocycles. The van der Waals surface area contributed by atoms with E-state index in [9.17, 15) is 14.0 Å². The molecule has 0 bridgehead atoms. The average molecular weight is 319 g/mol. The van der Waals surface area contributed by atoms with Crippen molar-refractivity contribution in [2.24, 2.45) is 0 Å². The van der Waals surface area contributed by atoms with Crippen LogP contribution in [0, 0.1) is 5.82 Å². The molecule has 0 saturated carbocycles. The Kier molecular flexibility index (Phi) is 4.33. The molecule has 2 aliphatic rings. The number of carbonyl (C=O) groups is 2. The predicted molar refractivity (Wildman–Crippen MR) is 83.3 cm³/mol. The second kappa shape index (κ2) is 6.26. The van der Waals surface area contributed by atoms with Gasteiger partial charge in [-0.25, -0.2) is 4.39 Å². The number of hydrogen-bond donors (Lipinski definition) is 0. The Hall–Kier alpha value is -1.98. The van der Waals surface area contributed by atoms with Crippen molar-refractivity contribution in [3.8, 4) is 0 Å². The molecule has 0 radical (unpaired) electrons. The number of hydrogen-bond acceptors (Lipinski definition) is 3. The van der Waals surface area contributed by atoms with Crippen molar-refractivity contribution < 1.29 is 14.0 Å². The molecule has 3 rings (SSSR count). The largest absolute Gasteiger partial charge is 0.336 e. The summed E-state index contributed by atoms with van der Waals surface area (Å²) in [5.74, 6) is -0.731. The molecule has 1 aromatic heterocycles. The van der Waals surface area contributed by atoms with Crippen LogP contribution in [0.3, 0.4) is 0 Å². The molecule has 2 fully saturated rings. The number of halogens is 1. The molecule has 0 N–H and O–H groups in total. The molecule has 2 saturated heterocycles. The van der Waals surface area contributed by atoms with Gasteiger partial charge in [-0.3, -0.25) is 14.6 Å². The summed E-state index contributed by atoms with van der Waals surface area (Å²) in [5, 5.41) is 0. The average Bonchev–Trinajstić information content (AvgIpc) is 2.55. The number of carbonyl (C=O) groups excluding carboxylic acids is 2. The quantitative estimate of drug-likeness (QED) is 0.840. The maximum atomic E-state index is 13.9. The maximum Gasteiger partial charge on any atom is 0.257 e. The van der Waals surface area contributed by atoms with E-state index in [1.165, 1.54) is 12.3 Å². The van der Waals surface area contributed by atoms with Gasteiger partial charge >= 0.3 is 0 Å². The molecule has 1 atom stereocenters. The van der Waals surface area contributed by atoms with Gasteiger partial charge in [-0.05, 0) is 38.7 Å². The molecular weight excluding hydrogens is 297 g/mol. The summed E-state index contributed by atoms with van der Waals surface area (Å²) < 4.78 is 13.9. The first-order chi connectivity index (χ1) is 11.1. The lowest BCUT2D eigenvalue weighted by Gasteiger charge is -2.51. The number of piperidine rings is 2. The lowest BCUT2D eigenvalue weighted by molar-refractivity contribution is -0.144. The molecule has 1 spiro atoms.